The number of aromatic nitrogens is 2. The molecule has 1 N–H and O–H groups in total. The van der Waals surface area contributed by atoms with Gasteiger partial charge in [-0.05, 0) is 25.0 Å². The average Bonchev–Trinajstić information content (AvgIpc) is 2.89. The van der Waals surface area contributed by atoms with Crippen LogP contribution in [0.1, 0.15) is 23.3 Å². The molecule has 5 heteroatoms. The topological polar surface area (TPSA) is 54.9 Å². The fraction of sp³-hybridized carbons (Fsp3) is 0.375. The van der Waals surface area contributed by atoms with Crippen LogP contribution in [0.5, 0.6) is 0 Å². The summed E-state index contributed by atoms with van der Waals surface area (Å²) in [5.41, 5.74) is 0.316. The van der Waals surface area contributed by atoms with Crippen molar-refractivity contribution in [2.45, 2.75) is 18.9 Å². The van der Waals surface area contributed by atoms with Gasteiger partial charge in [0.05, 0.1) is 0 Å². The van der Waals surface area contributed by atoms with Gasteiger partial charge in [-0.25, -0.2) is 0 Å². The molecule has 0 spiro atoms. The van der Waals surface area contributed by atoms with Gasteiger partial charge in [-0.3, -0.25) is 4.79 Å². The Bertz CT molecular complexity index is 321. The van der Waals surface area contributed by atoms with Gasteiger partial charge in [0.2, 0.25) is 0 Å². The highest BCUT2D eigenvalue weighted by Crippen LogP contribution is 2.18. The molecule has 0 aromatic carbocycles. The van der Waals surface area contributed by atoms with E-state index in [9.17, 15) is 4.79 Å². The second kappa shape index (κ2) is 3.30. The molecular weight excluding hydrogens is 190 g/mol. The fourth-order valence-electron chi connectivity index (χ4n) is 0.924. The van der Waals surface area contributed by atoms with Crippen LogP contribution in [0.25, 0.3) is 0 Å². The minimum Gasteiger partial charge on any atom is -0.348 e. The molecule has 0 bridgehead atoms. The first-order valence-electron chi connectivity index (χ1n) is 4.06. The van der Waals surface area contributed by atoms with E-state index >= 15 is 0 Å². The zero-order chi connectivity index (χ0) is 9.26. The van der Waals surface area contributed by atoms with Crippen molar-refractivity contribution in [1.29, 1.82) is 0 Å². The van der Waals surface area contributed by atoms with E-state index in [-0.39, 0.29) is 5.91 Å². The minimum atomic E-state index is -0.174. The first kappa shape index (κ1) is 8.44. The van der Waals surface area contributed by atoms with Crippen LogP contribution >= 0.6 is 11.6 Å². The van der Waals surface area contributed by atoms with Gasteiger partial charge < -0.3 is 5.32 Å². The summed E-state index contributed by atoms with van der Waals surface area (Å²) in [4.78, 5) is 11.3. The van der Waals surface area contributed by atoms with Crippen molar-refractivity contribution in [3.05, 3.63) is 23.0 Å². The molecule has 0 aliphatic heterocycles. The molecule has 1 fully saturated rings. The number of carbonyl (C=O) groups is 1. The molecule has 0 saturated heterocycles. The van der Waals surface area contributed by atoms with Crippen LogP contribution in [0, 0.1) is 0 Å². The van der Waals surface area contributed by atoms with Crippen LogP contribution in [0.4, 0.5) is 0 Å². The molecule has 4 nitrogen and oxygen atoms in total. The number of hydrogen-bond donors (Lipinski definition) is 1. The average molecular weight is 198 g/mol. The van der Waals surface area contributed by atoms with Crippen LogP contribution in [-0.4, -0.2) is 22.1 Å². The molecule has 1 aromatic rings. The van der Waals surface area contributed by atoms with Crippen molar-refractivity contribution < 1.29 is 4.79 Å². The van der Waals surface area contributed by atoms with E-state index in [2.05, 4.69) is 15.5 Å². The number of rotatable bonds is 2. The Morgan fingerprint density at radius 3 is 2.77 bits per heavy atom. The summed E-state index contributed by atoms with van der Waals surface area (Å²) in [7, 11) is 0. The molecule has 13 heavy (non-hydrogen) atoms. The number of amides is 1. The van der Waals surface area contributed by atoms with E-state index < -0.39 is 0 Å². The molecule has 0 radical (unpaired) electrons. The molecule has 1 heterocycles. The highest BCUT2D eigenvalue weighted by molar-refractivity contribution is 6.29. The third-order valence-corrected chi connectivity index (χ3v) is 1.98. The molecule has 1 saturated carbocycles. The molecule has 2 rings (SSSR count). The van der Waals surface area contributed by atoms with Gasteiger partial charge in [0, 0.05) is 6.04 Å². The maximum atomic E-state index is 11.3. The van der Waals surface area contributed by atoms with E-state index in [1.807, 2.05) is 0 Å². The summed E-state index contributed by atoms with van der Waals surface area (Å²) in [6, 6.07) is 3.45. The first-order valence-corrected chi connectivity index (χ1v) is 4.43. The SMILES string of the molecule is O=C(NC1CC1)c1ccc(Cl)nn1. The lowest BCUT2D eigenvalue weighted by atomic mass is 10.3. The number of nitrogens with one attached hydrogen (secondary N) is 1. The standard InChI is InChI=1S/C8H8ClN3O/c9-7-4-3-6(11-12-7)8(13)10-5-1-2-5/h3-5H,1-2H2,(H,10,13). The van der Waals surface area contributed by atoms with E-state index in [0.29, 0.717) is 16.9 Å². The Hall–Kier alpha value is -1.16. The van der Waals surface area contributed by atoms with E-state index in [0.717, 1.165) is 12.8 Å². The Morgan fingerprint density at radius 1 is 1.46 bits per heavy atom. The zero-order valence-electron chi connectivity index (χ0n) is 6.83. The van der Waals surface area contributed by atoms with Crippen molar-refractivity contribution in [1.82, 2.24) is 15.5 Å². The first-order chi connectivity index (χ1) is 6.25. The zero-order valence-corrected chi connectivity index (χ0v) is 7.58. The lowest BCUT2D eigenvalue weighted by Crippen LogP contribution is -2.26. The highest BCUT2D eigenvalue weighted by Gasteiger charge is 2.24. The predicted molar refractivity (Wildman–Crippen MR) is 47.5 cm³/mol. The molecular formula is C8H8ClN3O. The minimum absolute atomic E-state index is 0.174. The van der Waals surface area contributed by atoms with Gasteiger partial charge >= 0.3 is 0 Å². The van der Waals surface area contributed by atoms with Gasteiger partial charge in [-0.1, -0.05) is 11.6 Å². The third kappa shape index (κ3) is 2.15. The van der Waals surface area contributed by atoms with E-state index in [4.69, 9.17) is 11.6 Å². The lowest BCUT2D eigenvalue weighted by molar-refractivity contribution is 0.0945. The van der Waals surface area contributed by atoms with Gasteiger partial charge in [0.1, 0.15) is 0 Å². The van der Waals surface area contributed by atoms with Crippen molar-refractivity contribution in [2.24, 2.45) is 0 Å². The maximum absolute atomic E-state index is 11.3. The molecule has 0 unspecified atom stereocenters. The van der Waals surface area contributed by atoms with Crippen molar-refractivity contribution >= 4 is 17.5 Å². The summed E-state index contributed by atoms with van der Waals surface area (Å²) in [5, 5.41) is 10.3. The van der Waals surface area contributed by atoms with Crippen molar-refractivity contribution in [2.75, 3.05) is 0 Å². The quantitative estimate of drug-likeness (QED) is 0.770. The number of halogens is 1. The molecule has 0 atom stereocenters. The van der Waals surface area contributed by atoms with Gasteiger partial charge in [-0.15, -0.1) is 10.2 Å². The Balaban J connectivity index is 2.05. The lowest BCUT2D eigenvalue weighted by Gasteiger charge is -2.00. The second-order valence-electron chi connectivity index (χ2n) is 2.99. The monoisotopic (exact) mass is 197 g/mol. The number of carbonyl (C=O) groups excluding carboxylic acids is 1. The van der Waals surface area contributed by atoms with Crippen LogP contribution in [-0.2, 0) is 0 Å². The van der Waals surface area contributed by atoms with Gasteiger partial charge in [-0.2, -0.15) is 0 Å². The smallest absolute Gasteiger partial charge is 0.272 e. The Labute approximate surface area is 80.3 Å². The summed E-state index contributed by atoms with van der Waals surface area (Å²) in [5.74, 6) is -0.174. The Morgan fingerprint density at radius 2 is 2.23 bits per heavy atom. The van der Waals surface area contributed by atoms with Gasteiger partial charge in [0.15, 0.2) is 10.8 Å². The maximum Gasteiger partial charge on any atom is 0.272 e. The summed E-state index contributed by atoms with van der Waals surface area (Å²) >= 11 is 5.53. The molecule has 68 valence electrons. The van der Waals surface area contributed by atoms with E-state index in [1.54, 1.807) is 12.1 Å². The number of nitrogens with zero attached hydrogens (tertiary/aromatic N) is 2. The molecule has 1 aliphatic rings. The highest BCUT2D eigenvalue weighted by atomic mass is 35.5. The van der Waals surface area contributed by atoms with Crippen molar-refractivity contribution in [3.63, 3.8) is 0 Å². The third-order valence-electron chi connectivity index (χ3n) is 1.78. The second-order valence-corrected chi connectivity index (χ2v) is 3.38. The summed E-state index contributed by atoms with van der Waals surface area (Å²) < 4.78 is 0. The van der Waals surface area contributed by atoms with Crippen molar-refractivity contribution in [3.8, 4) is 0 Å². The molecule has 1 amide bonds. The predicted octanol–water partition coefficient (Wildman–Crippen LogP) is 1.02. The van der Waals surface area contributed by atoms with E-state index in [1.165, 1.54) is 0 Å². The van der Waals surface area contributed by atoms with Crippen LogP contribution in [0.15, 0.2) is 12.1 Å². The van der Waals surface area contributed by atoms with Crippen LogP contribution in [0.2, 0.25) is 5.15 Å². The largest absolute Gasteiger partial charge is 0.348 e. The fourth-order valence-corrected chi connectivity index (χ4v) is 1.02. The van der Waals surface area contributed by atoms with Crippen LogP contribution < -0.4 is 5.32 Å². The summed E-state index contributed by atoms with van der Waals surface area (Å²) in [6.07, 6.45) is 2.12. The van der Waals surface area contributed by atoms with Gasteiger partial charge in [0.25, 0.3) is 5.91 Å². The van der Waals surface area contributed by atoms with Crippen LogP contribution in [0.3, 0.4) is 0 Å². The molecule has 1 aromatic heterocycles. The Kier molecular flexibility index (Phi) is 2.14. The summed E-state index contributed by atoms with van der Waals surface area (Å²) in [6.45, 7) is 0. The normalized spacial score (nSPS) is 15.5. The molecule has 1 aliphatic carbocycles. The number of hydrogen-bond acceptors (Lipinski definition) is 3.